The molecule has 0 saturated heterocycles. The number of fused-ring (bicyclic) bond motifs is 1. The van der Waals surface area contributed by atoms with Gasteiger partial charge in [0.25, 0.3) is 5.91 Å². The van der Waals surface area contributed by atoms with E-state index in [2.05, 4.69) is 10.2 Å². The van der Waals surface area contributed by atoms with Gasteiger partial charge in [0.15, 0.2) is 9.84 Å². The molecular weight excluding hydrogens is 441 g/mol. The van der Waals surface area contributed by atoms with Gasteiger partial charge in [-0.05, 0) is 36.8 Å². The topological polar surface area (TPSA) is 123 Å². The number of carbonyl (C=O) groups is 1. The van der Waals surface area contributed by atoms with E-state index in [1.54, 1.807) is 25.1 Å². The average molecular weight is 461 g/mol. The number of amides is 1. The Labute approximate surface area is 182 Å². The smallest absolute Gasteiger partial charge is 0.434 e. The number of aromatic amines is 1. The normalized spacial score (nSPS) is 13.9. The van der Waals surface area contributed by atoms with Gasteiger partial charge in [0.05, 0.1) is 6.54 Å². The lowest BCUT2D eigenvalue weighted by molar-refractivity contribution is 0.0731. The van der Waals surface area contributed by atoms with E-state index in [-0.39, 0.29) is 43.1 Å². The molecule has 0 fully saturated rings. The predicted molar refractivity (Wildman–Crippen MR) is 112 cm³/mol. The molecule has 0 radical (unpaired) electrons. The summed E-state index contributed by atoms with van der Waals surface area (Å²) in [5.41, 5.74) is 1.34. The number of H-pyrrole nitrogens is 1. The van der Waals surface area contributed by atoms with Crippen LogP contribution in [0.15, 0.2) is 44.4 Å². The minimum Gasteiger partial charge on any atom is -0.491 e. The Bertz CT molecular complexity index is 1360. The molecule has 1 N–H and O–H groups in total. The summed E-state index contributed by atoms with van der Waals surface area (Å²) in [4.78, 5) is 25.6. The van der Waals surface area contributed by atoms with Gasteiger partial charge in [-0.2, -0.15) is 0 Å². The minimum absolute atomic E-state index is 0.0513. The van der Waals surface area contributed by atoms with Gasteiger partial charge in [-0.15, -0.1) is 5.10 Å². The van der Waals surface area contributed by atoms with Crippen LogP contribution in [0.5, 0.6) is 5.75 Å². The molecule has 32 heavy (non-hydrogen) atoms. The maximum absolute atomic E-state index is 14.9. The molecule has 0 saturated carbocycles. The van der Waals surface area contributed by atoms with Crippen molar-refractivity contribution in [3.05, 3.63) is 63.4 Å². The van der Waals surface area contributed by atoms with Crippen LogP contribution < -0.4 is 10.5 Å². The second-order valence-electron chi connectivity index (χ2n) is 7.35. The summed E-state index contributed by atoms with van der Waals surface area (Å²) < 4.78 is 49.3. The van der Waals surface area contributed by atoms with E-state index in [0.717, 1.165) is 12.3 Å². The number of aromatic nitrogens is 2. The Balaban J connectivity index is 1.69. The first kappa shape index (κ1) is 21.8. The van der Waals surface area contributed by atoms with Crippen LogP contribution in [0.1, 0.15) is 28.4 Å². The fourth-order valence-electron chi connectivity index (χ4n) is 3.66. The number of nitrogens with one attached hydrogen (secondary N) is 1. The number of halogens is 1. The fourth-order valence-corrected chi connectivity index (χ4v) is 4.42. The van der Waals surface area contributed by atoms with E-state index in [4.69, 9.17) is 9.15 Å². The van der Waals surface area contributed by atoms with E-state index in [1.165, 1.54) is 11.0 Å². The van der Waals surface area contributed by atoms with Crippen LogP contribution in [0.25, 0.3) is 11.5 Å². The molecule has 1 aliphatic rings. The van der Waals surface area contributed by atoms with Crippen molar-refractivity contribution in [1.82, 2.24) is 15.1 Å². The van der Waals surface area contributed by atoms with Crippen LogP contribution >= 0.6 is 0 Å². The Hall–Kier alpha value is -3.47. The van der Waals surface area contributed by atoms with Crippen LogP contribution in [0.4, 0.5) is 4.39 Å². The van der Waals surface area contributed by atoms with Crippen molar-refractivity contribution in [3.8, 4) is 17.2 Å². The molecule has 3 aromatic rings. The number of benzene rings is 2. The van der Waals surface area contributed by atoms with Crippen LogP contribution in [0.3, 0.4) is 0 Å². The number of hydrogen-bond donors (Lipinski definition) is 1. The highest BCUT2D eigenvalue weighted by Gasteiger charge is 2.27. The molecule has 1 amide bonds. The lowest BCUT2D eigenvalue weighted by atomic mass is 10.0. The number of nitrogens with zero attached hydrogens (tertiary/aromatic N) is 2. The van der Waals surface area contributed by atoms with Gasteiger partial charge in [0.1, 0.15) is 23.1 Å². The van der Waals surface area contributed by atoms with Crippen LogP contribution in [-0.2, 0) is 22.8 Å². The van der Waals surface area contributed by atoms with E-state index in [0.29, 0.717) is 16.9 Å². The largest absolute Gasteiger partial charge is 0.491 e. The first-order chi connectivity index (χ1) is 15.2. The number of hydrogen-bond acceptors (Lipinski definition) is 7. The van der Waals surface area contributed by atoms with Gasteiger partial charge in [0.2, 0.25) is 5.89 Å². The summed E-state index contributed by atoms with van der Waals surface area (Å²) in [6, 6.07) is 7.56. The first-order valence-electron chi connectivity index (χ1n) is 9.81. The van der Waals surface area contributed by atoms with Crippen LogP contribution in [0.2, 0.25) is 0 Å². The van der Waals surface area contributed by atoms with Crippen molar-refractivity contribution in [2.75, 3.05) is 19.4 Å². The van der Waals surface area contributed by atoms with Gasteiger partial charge < -0.3 is 14.1 Å². The molecule has 0 unspecified atom stereocenters. The molecule has 0 aliphatic carbocycles. The SMILES string of the molecule is CCc1c(C(=O)N2CCOc3ccc(-c4n[nH]c(=O)o4)cc3C2)ccc(S(C)(=O)=O)c1F. The van der Waals surface area contributed by atoms with E-state index in [1.807, 2.05) is 0 Å². The van der Waals surface area contributed by atoms with Crippen molar-refractivity contribution in [1.29, 1.82) is 0 Å². The average Bonchev–Trinajstić information content (AvgIpc) is 3.06. The van der Waals surface area contributed by atoms with Gasteiger partial charge in [-0.25, -0.2) is 22.7 Å². The zero-order valence-corrected chi connectivity index (χ0v) is 18.2. The maximum Gasteiger partial charge on any atom is 0.434 e. The maximum atomic E-state index is 14.9. The second kappa shape index (κ2) is 8.23. The zero-order chi connectivity index (χ0) is 23.0. The molecule has 2 aromatic carbocycles. The number of rotatable bonds is 4. The van der Waals surface area contributed by atoms with E-state index >= 15 is 0 Å². The summed E-state index contributed by atoms with van der Waals surface area (Å²) in [5, 5.41) is 6.00. The molecule has 0 atom stereocenters. The molecule has 168 valence electrons. The minimum atomic E-state index is -3.77. The first-order valence-corrected chi connectivity index (χ1v) is 11.7. The number of sulfone groups is 1. The molecule has 11 heteroatoms. The van der Waals surface area contributed by atoms with Gasteiger partial charge >= 0.3 is 5.76 Å². The molecule has 9 nitrogen and oxygen atoms in total. The third-order valence-corrected chi connectivity index (χ3v) is 6.32. The number of ether oxygens (including phenoxy) is 1. The Morgan fingerprint density at radius 1 is 1.28 bits per heavy atom. The summed E-state index contributed by atoms with van der Waals surface area (Å²) in [6.07, 6.45) is 1.08. The summed E-state index contributed by atoms with van der Waals surface area (Å²) in [6.45, 7) is 2.29. The van der Waals surface area contributed by atoms with Crippen LogP contribution in [-0.4, -0.2) is 48.8 Å². The van der Waals surface area contributed by atoms with Crippen molar-refractivity contribution < 1.29 is 26.8 Å². The lowest BCUT2D eigenvalue weighted by Gasteiger charge is -2.22. The van der Waals surface area contributed by atoms with Crippen LogP contribution in [0, 0.1) is 5.82 Å². The highest BCUT2D eigenvalue weighted by atomic mass is 32.2. The Kier molecular flexibility index (Phi) is 5.59. The lowest BCUT2D eigenvalue weighted by Crippen LogP contribution is -2.33. The third kappa shape index (κ3) is 4.03. The Morgan fingerprint density at radius 2 is 2.06 bits per heavy atom. The third-order valence-electron chi connectivity index (χ3n) is 5.20. The van der Waals surface area contributed by atoms with Gasteiger partial charge in [-0.1, -0.05) is 6.92 Å². The van der Waals surface area contributed by atoms with Crippen molar-refractivity contribution in [2.24, 2.45) is 0 Å². The van der Waals surface area contributed by atoms with Crippen molar-refractivity contribution >= 4 is 15.7 Å². The van der Waals surface area contributed by atoms with E-state index < -0.39 is 32.2 Å². The second-order valence-corrected chi connectivity index (χ2v) is 9.33. The summed E-state index contributed by atoms with van der Waals surface area (Å²) in [7, 11) is -3.77. The van der Waals surface area contributed by atoms with Crippen molar-refractivity contribution in [3.63, 3.8) is 0 Å². The highest BCUT2D eigenvalue weighted by Crippen LogP contribution is 2.30. The monoisotopic (exact) mass is 461 g/mol. The molecule has 0 spiro atoms. The molecular formula is C21H20FN3O6S. The van der Waals surface area contributed by atoms with Crippen molar-refractivity contribution in [2.45, 2.75) is 24.8 Å². The van der Waals surface area contributed by atoms with E-state index in [9.17, 15) is 22.4 Å². The summed E-state index contributed by atoms with van der Waals surface area (Å²) in [5.74, 6) is -1.35. The van der Waals surface area contributed by atoms with Gasteiger partial charge in [-0.3, -0.25) is 4.79 Å². The number of carbonyl (C=O) groups excluding carboxylic acids is 1. The predicted octanol–water partition coefficient (Wildman–Crippen LogP) is 2.17. The van der Waals surface area contributed by atoms with Gasteiger partial charge in [0, 0.05) is 35.1 Å². The summed E-state index contributed by atoms with van der Waals surface area (Å²) >= 11 is 0. The quantitative estimate of drug-likeness (QED) is 0.632. The standard InChI is InChI=1S/C21H20FN3O6S/c1-3-14-15(5-7-17(18(14)22)32(2,28)29)20(26)25-8-9-30-16-6-4-12(10-13(16)11-25)19-23-24-21(27)31-19/h4-7,10H,3,8-9,11H2,1-2H3,(H,24,27). The Morgan fingerprint density at radius 3 is 2.72 bits per heavy atom. The highest BCUT2D eigenvalue weighted by molar-refractivity contribution is 7.90. The molecule has 4 rings (SSSR count). The molecule has 2 heterocycles. The molecule has 1 aromatic heterocycles. The zero-order valence-electron chi connectivity index (χ0n) is 17.3. The molecule has 1 aliphatic heterocycles. The fraction of sp³-hybridized carbons (Fsp3) is 0.286. The molecule has 0 bridgehead atoms.